The minimum absolute atomic E-state index is 0.160. The highest BCUT2D eigenvalue weighted by Gasteiger charge is 2.32. The van der Waals surface area contributed by atoms with Crippen LogP contribution in [0.2, 0.25) is 0 Å². The monoisotopic (exact) mass is 174 g/mol. The Hall–Kier alpha value is -0.570. The van der Waals surface area contributed by atoms with E-state index in [1.54, 1.807) is 0 Å². The first-order valence-corrected chi connectivity index (χ1v) is 4.34. The van der Waals surface area contributed by atoms with Crippen LogP contribution in [-0.2, 0) is 4.79 Å². The number of hydrogen-bond donors (Lipinski definition) is 1. The molecule has 0 aromatic heterocycles. The second kappa shape index (κ2) is 3.90. The third kappa shape index (κ3) is 2.81. The Morgan fingerprint density at radius 1 is 1.42 bits per heavy atom. The number of carbonyl (C=O) groups is 1. The Morgan fingerprint density at radius 2 is 1.83 bits per heavy atom. The lowest BCUT2D eigenvalue weighted by atomic mass is 9.96. The molecule has 1 N–H and O–H groups in total. The van der Waals surface area contributed by atoms with Gasteiger partial charge in [-0.15, -0.1) is 0 Å². The maximum atomic E-state index is 10.8. The van der Waals surface area contributed by atoms with E-state index in [1.165, 1.54) is 0 Å². The molecule has 72 valence electrons. The van der Waals surface area contributed by atoms with Crippen molar-refractivity contribution in [3.63, 3.8) is 0 Å². The van der Waals surface area contributed by atoms with Gasteiger partial charge in [0.2, 0.25) is 0 Å². The predicted molar refractivity (Wildman–Crippen MR) is 48.9 cm³/mol. The summed E-state index contributed by atoms with van der Waals surface area (Å²) in [5, 5.41) is 8.90. The minimum Gasteiger partial charge on any atom is -0.481 e. The largest absolute Gasteiger partial charge is 0.481 e. The van der Waals surface area contributed by atoms with Crippen LogP contribution in [0.1, 0.15) is 20.3 Å². The Kier molecular flexibility index (Phi) is 3.71. The van der Waals surface area contributed by atoms with Gasteiger partial charge in [0.05, 0.1) is 27.2 Å². The molecule has 12 heavy (non-hydrogen) atoms. The van der Waals surface area contributed by atoms with E-state index in [4.69, 9.17) is 5.11 Å². The smallest absolute Gasteiger partial charge is 0.312 e. The van der Waals surface area contributed by atoms with E-state index in [0.717, 1.165) is 0 Å². The third-order valence-electron chi connectivity index (χ3n) is 2.56. The molecule has 0 aromatic rings. The van der Waals surface area contributed by atoms with Gasteiger partial charge in [0.15, 0.2) is 0 Å². The van der Waals surface area contributed by atoms with E-state index in [1.807, 2.05) is 35.0 Å². The van der Waals surface area contributed by atoms with Crippen LogP contribution >= 0.6 is 0 Å². The Labute approximate surface area is 74.6 Å². The molecule has 2 unspecified atom stereocenters. The molecule has 0 spiro atoms. The summed E-state index contributed by atoms with van der Waals surface area (Å²) in [6.07, 6.45) is 0.700. The molecule has 0 aliphatic heterocycles. The summed E-state index contributed by atoms with van der Waals surface area (Å²) in [4.78, 5) is 10.8. The molecule has 2 atom stereocenters. The number of rotatable bonds is 4. The standard InChI is InChI=1S/C9H19NO2/c1-6-8(9(11)12)7(2)10(3,4)5/h7-8H,6H2,1-5H3/p+1. The Balaban J connectivity index is 4.42. The number of carboxylic acid groups (broad SMARTS) is 1. The fourth-order valence-corrected chi connectivity index (χ4v) is 1.26. The van der Waals surface area contributed by atoms with Crippen molar-refractivity contribution in [2.45, 2.75) is 26.3 Å². The minimum atomic E-state index is -0.682. The highest BCUT2D eigenvalue weighted by atomic mass is 16.4. The number of carboxylic acids is 1. The van der Waals surface area contributed by atoms with E-state index in [-0.39, 0.29) is 12.0 Å². The van der Waals surface area contributed by atoms with E-state index < -0.39 is 5.97 Å². The van der Waals surface area contributed by atoms with Gasteiger partial charge in [-0.1, -0.05) is 6.92 Å². The third-order valence-corrected chi connectivity index (χ3v) is 2.56. The van der Waals surface area contributed by atoms with Crippen LogP contribution in [-0.4, -0.2) is 42.7 Å². The van der Waals surface area contributed by atoms with Crippen LogP contribution in [0.15, 0.2) is 0 Å². The van der Waals surface area contributed by atoms with Gasteiger partial charge in [0.25, 0.3) is 0 Å². The van der Waals surface area contributed by atoms with Crippen molar-refractivity contribution < 1.29 is 14.4 Å². The van der Waals surface area contributed by atoms with Gasteiger partial charge in [-0.3, -0.25) is 4.79 Å². The Morgan fingerprint density at radius 3 is 1.92 bits per heavy atom. The maximum Gasteiger partial charge on any atom is 0.312 e. The number of hydrogen-bond acceptors (Lipinski definition) is 1. The van der Waals surface area contributed by atoms with Gasteiger partial charge in [0, 0.05) is 0 Å². The molecule has 0 aliphatic carbocycles. The van der Waals surface area contributed by atoms with Gasteiger partial charge < -0.3 is 9.59 Å². The molecule has 0 bridgehead atoms. The summed E-state index contributed by atoms with van der Waals surface area (Å²) < 4.78 is 0.699. The van der Waals surface area contributed by atoms with Crippen LogP contribution in [0.4, 0.5) is 0 Å². The van der Waals surface area contributed by atoms with E-state index in [2.05, 4.69) is 0 Å². The number of quaternary nitrogens is 1. The summed E-state index contributed by atoms with van der Waals surface area (Å²) in [5.74, 6) is -0.914. The van der Waals surface area contributed by atoms with Crippen molar-refractivity contribution in [2.75, 3.05) is 21.1 Å². The van der Waals surface area contributed by atoms with E-state index in [9.17, 15) is 4.79 Å². The summed E-state index contributed by atoms with van der Waals surface area (Å²) in [5.41, 5.74) is 0. The molecular weight excluding hydrogens is 154 g/mol. The predicted octanol–water partition coefficient (Wildman–Crippen LogP) is 1.19. The van der Waals surface area contributed by atoms with Gasteiger partial charge in [-0.05, 0) is 13.3 Å². The first-order valence-electron chi connectivity index (χ1n) is 4.34. The highest BCUT2D eigenvalue weighted by molar-refractivity contribution is 5.70. The molecular formula is C9H20NO2+. The van der Waals surface area contributed by atoms with Crippen molar-refractivity contribution in [2.24, 2.45) is 5.92 Å². The molecule has 0 fully saturated rings. The summed E-state index contributed by atoms with van der Waals surface area (Å²) in [6, 6.07) is 0.160. The SMILES string of the molecule is CCC(C(=O)O)C(C)[N+](C)(C)C. The summed E-state index contributed by atoms with van der Waals surface area (Å²) >= 11 is 0. The lowest BCUT2D eigenvalue weighted by molar-refractivity contribution is -0.897. The average molecular weight is 174 g/mol. The van der Waals surface area contributed by atoms with Crippen LogP contribution in [0, 0.1) is 5.92 Å². The molecule has 0 saturated heterocycles. The molecule has 0 saturated carbocycles. The molecule has 0 radical (unpaired) electrons. The van der Waals surface area contributed by atoms with Crippen molar-refractivity contribution in [1.82, 2.24) is 0 Å². The first-order chi connectivity index (χ1) is 5.30. The van der Waals surface area contributed by atoms with Gasteiger partial charge in [-0.2, -0.15) is 0 Å². The van der Waals surface area contributed by atoms with Crippen LogP contribution < -0.4 is 0 Å². The molecule has 3 heteroatoms. The van der Waals surface area contributed by atoms with Crippen molar-refractivity contribution >= 4 is 5.97 Å². The topological polar surface area (TPSA) is 37.3 Å². The quantitative estimate of drug-likeness (QED) is 0.650. The van der Waals surface area contributed by atoms with Gasteiger partial charge in [0.1, 0.15) is 5.92 Å². The second-order valence-corrected chi connectivity index (χ2v) is 4.21. The number of aliphatic carboxylic acids is 1. The lowest BCUT2D eigenvalue weighted by Gasteiger charge is -2.34. The first kappa shape index (κ1) is 11.4. The number of nitrogens with zero attached hydrogens (tertiary/aromatic N) is 1. The van der Waals surface area contributed by atoms with Crippen LogP contribution in [0.5, 0.6) is 0 Å². The average Bonchev–Trinajstić information content (AvgIpc) is 1.86. The van der Waals surface area contributed by atoms with Crippen LogP contribution in [0.25, 0.3) is 0 Å². The van der Waals surface area contributed by atoms with E-state index >= 15 is 0 Å². The fourth-order valence-electron chi connectivity index (χ4n) is 1.26. The zero-order chi connectivity index (χ0) is 9.94. The molecule has 3 nitrogen and oxygen atoms in total. The maximum absolute atomic E-state index is 10.8. The van der Waals surface area contributed by atoms with E-state index in [0.29, 0.717) is 10.9 Å². The Bertz CT molecular complexity index is 160. The summed E-state index contributed by atoms with van der Waals surface area (Å²) in [7, 11) is 6.07. The molecule has 0 aromatic carbocycles. The van der Waals surface area contributed by atoms with Gasteiger partial charge >= 0.3 is 5.97 Å². The fraction of sp³-hybridized carbons (Fsp3) is 0.889. The molecule has 0 amide bonds. The zero-order valence-electron chi connectivity index (χ0n) is 8.66. The second-order valence-electron chi connectivity index (χ2n) is 4.21. The molecule has 0 heterocycles. The zero-order valence-corrected chi connectivity index (χ0v) is 8.66. The van der Waals surface area contributed by atoms with Crippen LogP contribution in [0.3, 0.4) is 0 Å². The van der Waals surface area contributed by atoms with Crippen molar-refractivity contribution in [3.8, 4) is 0 Å². The van der Waals surface area contributed by atoms with Crippen molar-refractivity contribution in [3.05, 3.63) is 0 Å². The normalized spacial score (nSPS) is 17.1. The lowest BCUT2D eigenvalue weighted by Crippen LogP contribution is -2.49. The molecule has 0 aliphatic rings. The van der Waals surface area contributed by atoms with Crippen molar-refractivity contribution in [1.29, 1.82) is 0 Å². The molecule has 0 rings (SSSR count). The highest BCUT2D eigenvalue weighted by Crippen LogP contribution is 2.17. The van der Waals surface area contributed by atoms with Gasteiger partial charge in [-0.25, -0.2) is 0 Å². The summed E-state index contributed by atoms with van der Waals surface area (Å²) in [6.45, 7) is 3.91.